The largest absolute Gasteiger partial charge is 0.330 e. The van der Waals surface area contributed by atoms with Gasteiger partial charge >= 0.3 is 0 Å². The van der Waals surface area contributed by atoms with Gasteiger partial charge in [-0.1, -0.05) is 133 Å². The maximum absolute atomic E-state index is 14.1. The standard InChI is InChI=1S/2C17H17F2N.4C15H15F2N/c18-16-5-1-3-11-13(9-10-20)12-4-2-6-17(19)15(12)8-7-14(11)16;18-13-5-3-11-1-2-12-4-6-14(19)10-17(12)15(7-8-20)16(11)9-13;4*16-13-5-1-3-11(9-13)15(7-8-18)12-4-2-6-14(17)10-12/h1-6,13H,7-10,20H2;3-6,9-10,15H,1-2,7-8,20H2;4*1-6,9-10,15H,7-8,18H2. The van der Waals surface area contributed by atoms with Crippen LogP contribution in [0.25, 0.3) is 0 Å². The van der Waals surface area contributed by atoms with E-state index in [0.717, 1.165) is 90.7 Å². The molecule has 584 valence electrons. The Balaban J connectivity index is 0.000000154. The minimum atomic E-state index is -0.286. The predicted molar refractivity (Wildman–Crippen MR) is 425 cm³/mol. The molecule has 18 heteroatoms. The van der Waals surface area contributed by atoms with Crippen LogP contribution in [-0.2, 0) is 25.7 Å². The zero-order valence-electron chi connectivity index (χ0n) is 62.2. The summed E-state index contributed by atoms with van der Waals surface area (Å²) in [7, 11) is 0. The molecule has 6 nitrogen and oxygen atoms in total. The van der Waals surface area contributed by atoms with E-state index in [1.807, 2.05) is 72.8 Å². The molecule has 14 rings (SSSR count). The highest BCUT2D eigenvalue weighted by atomic mass is 19.2. The van der Waals surface area contributed by atoms with E-state index in [0.29, 0.717) is 102 Å². The van der Waals surface area contributed by atoms with Crippen LogP contribution in [0.5, 0.6) is 0 Å². The molecule has 2 aliphatic carbocycles. The molecule has 0 radical (unpaired) electrons. The minimum absolute atomic E-state index is 0.0149. The molecule has 2 aliphatic rings. The summed E-state index contributed by atoms with van der Waals surface area (Å²) < 4.78 is 161. The van der Waals surface area contributed by atoms with E-state index in [9.17, 15) is 52.7 Å². The fraction of sp³-hybridized carbons (Fsp3) is 0.234. The lowest BCUT2D eigenvalue weighted by molar-refractivity contribution is 0.596. The van der Waals surface area contributed by atoms with Gasteiger partial charge < -0.3 is 34.4 Å². The molecule has 0 unspecified atom stereocenters. The Labute approximate surface area is 648 Å². The Hall–Kier alpha value is -10.4. The van der Waals surface area contributed by atoms with E-state index in [4.69, 9.17) is 34.4 Å². The molecule has 0 saturated heterocycles. The Morgan fingerprint density at radius 2 is 0.438 bits per heavy atom. The average molecular weight is 1540 g/mol. The topological polar surface area (TPSA) is 156 Å². The van der Waals surface area contributed by atoms with Gasteiger partial charge in [-0.05, 0) is 326 Å². The second-order valence-corrected chi connectivity index (χ2v) is 27.5. The molecule has 0 amide bonds. The van der Waals surface area contributed by atoms with Gasteiger partial charge in [-0.2, -0.15) is 0 Å². The molecule has 0 aromatic heterocycles. The number of aryl methyl sites for hydroxylation is 2. The highest BCUT2D eigenvalue weighted by molar-refractivity contribution is 5.48. The van der Waals surface area contributed by atoms with E-state index >= 15 is 0 Å². The highest BCUT2D eigenvalue weighted by Crippen LogP contribution is 2.40. The van der Waals surface area contributed by atoms with Crippen molar-refractivity contribution in [2.24, 2.45) is 34.4 Å². The van der Waals surface area contributed by atoms with Crippen LogP contribution < -0.4 is 34.4 Å². The summed E-state index contributed by atoms with van der Waals surface area (Å²) in [5, 5.41) is 0. The first kappa shape index (κ1) is 85.6. The molecule has 0 saturated carbocycles. The second-order valence-electron chi connectivity index (χ2n) is 27.5. The van der Waals surface area contributed by atoms with E-state index in [-0.39, 0.29) is 105 Å². The van der Waals surface area contributed by atoms with Crippen molar-refractivity contribution in [2.75, 3.05) is 39.3 Å². The van der Waals surface area contributed by atoms with Crippen molar-refractivity contribution in [2.45, 2.75) is 99.7 Å². The molecule has 12 aromatic carbocycles. The molecule has 12 N–H and O–H groups in total. The van der Waals surface area contributed by atoms with Crippen LogP contribution >= 0.6 is 0 Å². The van der Waals surface area contributed by atoms with Crippen LogP contribution in [0, 0.1) is 69.8 Å². The van der Waals surface area contributed by atoms with Crippen molar-refractivity contribution in [1.29, 1.82) is 0 Å². The third-order valence-corrected chi connectivity index (χ3v) is 20.1. The number of rotatable bonds is 20. The summed E-state index contributed by atoms with van der Waals surface area (Å²) in [5.41, 5.74) is 47.9. The van der Waals surface area contributed by atoms with Gasteiger partial charge in [0, 0.05) is 35.5 Å². The van der Waals surface area contributed by atoms with E-state index < -0.39 is 0 Å². The molecule has 0 fully saturated rings. The Kier molecular flexibility index (Phi) is 33.1. The third-order valence-electron chi connectivity index (χ3n) is 20.1. The fourth-order valence-electron chi connectivity index (χ4n) is 14.9. The van der Waals surface area contributed by atoms with Gasteiger partial charge in [0.25, 0.3) is 0 Å². The lowest BCUT2D eigenvalue weighted by Gasteiger charge is -2.20. The summed E-state index contributed by atoms with van der Waals surface area (Å²) >= 11 is 0. The van der Waals surface area contributed by atoms with Crippen LogP contribution in [0.4, 0.5) is 52.7 Å². The van der Waals surface area contributed by atoms with E-state index in [1.54, 1.807) is 72.8 Å². The number of hydrogen-bond donors (Lipinski definition) is 6. The number of hydrogen-bond acceptors (Lipinski definition) is 6. The molecular weight excluding hydrogens is 1440 g/mol. The fourth-order valence-corrected chi connectivity index (χ4v) is 14.9. The summed E-state index contributed by atoms with van der Waals surface area (Å²) in [6.07, 6.45) is 6.83. The van der Waals surface area contributed by atoms with E-state index in [1.165, 1.54) is 121 Å². The third kappa shape index (κ3) is 24.3. The van der Waals surface area contributed by atoms with Gasteiger partial charge in [-0.3, -0.25) is 0 Å². The van der Waals surface area contributed by atoms with Gasteiger partial charge in [-0.15, -0.1) is 0 Å². The normalized spacial score (nSPS) is 12.2. The van der Waals surface area contributed by atoms with Crippen LogP contribution in [-0.4, -0.2) is 39.3 Å². The number of nitrogens with two attached hydrogens (primary N) is 6. The summed E-state index contributed by atoms with van der Waals surface area (Å²) in [6.45, 7) is 2.87. The summed E-state index contributed by atoms with van der Waals surface area (Å²) in [4.78, 5) is 0. The maximum atomic E-state index is 14.1. The highest BCUT2D eigenvalue weighted by Gasteiger charge is 2.28. The van der Waals surface area contributed by atoms with Crippen LogP contribution in [0.3, 0.4) is 0 Å². The molecule has 0 bridgehead atoms. The molecule has 12 aromatic rings. The smallest absolute Gasteiger partial charge is 0.126 e. The lowest BCUT2D eigenvalue weighted by Crippen LogP contribution is -2.11. The van der Waals surface area contributed by atoms with Gasteiger partial charge in [-0.25, -0.2) is 52.7 Å². The van der Waals surface area contributed by atoms with Crippen molar-refractivity contribution >= 4 is 0 Å². The van der Waals surface area contributed by atoms with Crippen molar-refractivity contribution in [1.82, 2.24) is 0 Å². The lowest BCUT2D eigenvalue weighted by atomic mass is 9.85. The molecule has 0 spiro atoms. The van der Waals surface area contributed by atoms with Gasteiger partial charge in [0.1, 0.15) is 69.8 Å². The Bertz CT molecular complexity index is 4270. The number of benzene rings is 12. The van der Waals surface area contributed by atoms with Crippen molar-refractivity contribution in [3.8, 4) is 0 Å². The Morgan fingerprint density at radius 1 is 0.223 bits per heavy atom. The zero-order chi connectivity index (χ0) is 80.1. The van der Waals surface area contributed by atoms with E-state index in [2.05, 4.69) is 0 Å². The van der Waals surface area contributed by atoms with Crippen LogP contribution in [0.2, 0.25) is 0 Å². The van der Waals surface area contributed by atoms with Gasteiger partial charge in [0.05, 0.1) is 0 Å². The molecule has 0 atom stereocenters. The van der Waals surface area contributed by atoms with Gasteiger partial charge in [0.2, 0.25) is 0 Å². The second kappa shape index (κ2) is 43.4. The molecule has 0 heterocycles. The van der Waals surface area contributed by atoms with Crippen molar-refractivity contribution in [3.63, 3.8) is 0 Å². The predicted octanol–water partition coefficient (Wildman–Crippen LogP) is 20.9. The summed E-state index contributed by atoms with van der Waals surface area (Å²) in [6, 6.07) is 71.1. The quantitative estimate of drug-likeness (QED) is 0.0417. The first-order valence-electron chi connectivity index (χ1n) is 37.6. The summed E-state index contributed by atoms with van der Waals surface area (Å²) in [5.74, 6) is -3.47. The molecule has 112 heavy (non-hydrogen) atoms. The zero-order valence-corrected chi connectivity index (χ0v) is 62.2. The first-order chi connectivity index (χ1) is 54.2. The Morgan fingerprint density at radius 3 is 0.652 bits per heavy atom. The maximum Gasteiger partial charge on any atom is 0.126 e. The molecular formula is C94H94F12N6. The van der Waals surface area contributed by atoms with Crippen molar-refractivity contribution < 1.29 is 52.7 Å². The van der Waals surface area contributed by atoms with Crippen LogP contribution in [0.15, 0.2) is 267 Å². The number of fused-ring (bicyclic) bond motifs is 4. The average Bonchev–Trinajstić information content (AvgIpc) is 1.64. The minimum Gasteiger partial charge on any atom is -0.330 e. The van der Waals surface area contributed by atoms with Gasteiger partial charge in [0.15, 0.2) is 0 Å². The first-order valence-corrected chi connectivity index (χ1v) is 37.6. The van der Waals surface area contributed by atoms with Crippen molar-refractivity contribution in [3.05, 3.63) is 426 Å². The monoisotopic (exact) mass is 1530 g/mol. The van der Waals surface area contributed by atoms with Crippen LogP contribution in [0.1, 0.15) is 163 Å². The molecule has 0 aliphatic heterocycles. The number of halogens is 12. The SMILES string of the molecule is NCCC(c1cccc(F)c1)c1cccc(F)c1.NCCC(c1cccc(F)c1)c1cccc(F)c1.NCCC(c1cccc(F)c1)c1cccc(F)c1.NCCC(c1cccc(F)c1)c1cccc(F)c1.NCCC1c2cc(F)ccc2CCc2ccc(F)cc21.NCCC1c2cccc(F)c2CCc2c(F)cccc21.